The number of halogens is 1. The highest BCUT2D eigenvalue weighted by molar-refractivity contribution is 5.91. The van der Waals surface area contributed by atoms with Gasteiger partial charge in [-0.2, -0.15) is 5.10 Å². The SMILES string of the molecule is COc1cccc(CCNC(=O)c2ccc(=O)n(Cc3cccc(F)c3)n2)c1. The van der Waals surface area contributed by atoms with Crippen molar-refractivity contribution in [3.05, 3.63) is 93.7 Å². The van der Waals surface area contributed by atoms with Crippen LogP contribution in [0.3, 0.4) is 0 Å². The van der Waals surface area contributed by atoms with Gasteiger partial charge in [0.2, 0.25) is 0 Å². The summed E-state index contributed by atoms with van der Waals surface area (Å²) in [6.07, 6.45) is 0.631. The second-order valence-electron chi connectivity index (χ2n) is 6.20. The molecule has 0 radical (unpaired) electrons. The third-order valence-corrected chi connectivity index (χ3v) is 4.15. The normalized spacial score (nSPS) is 10.5. The monoisotopic (exact) mass is 381 g/mol. The lowest BCUT2D eigenvalue weighted by molar-refractivity contribution is 0.0946. The highest BCUT2D eigenvalue weighted by Gasteiger charge is 2.10. The van der Waals surface area contributed by atoms with Crippen molar-refractivity contribution < 1.29 is 13.9 Å². The molecule has 6 nitrogen and oxygen atoms in total. The smallest absolute Gasteiger partial charge is 0.271 e. The van der Waals surface area contributed by atoms with Gasteiger partial charge in [0, 0.05) is 12.6 Å². The Morgan fingerprint density at radius 2 is 1.89 bits per heavy atom. The Labute approximate surface area is 161 Å². The first-order valence-corrected chi connectivity index (χ1v) is 8.79. The molecule has 7 heteroatoms. The Balaban J connectivity index is 1.64. The first-order chi connectivity index (χ1) is 13.5. The van der Waals surface area contributed by atoms with Crippen molar-refractivity contribution in [3.63, 3.8) is 0 Å². The highest BCUT2D eigenvalue weighted by atomic mass is 19.1. The lowest BCUT2D eigenvalue weighted by Gasteiger charge is -2.09. The molecule has 3 rings (SSSR count). The zero-order chi connectivity index (χ0) is 19.9. The summed E-state index contributed by atoms with van der Waals surface area (Å²) in [5, 5.41) is 6.89. The second kappa shape index (κ2) is 8.94. The van der Waals surface area contributed by atoms with E-state index >= 15 is 0 Å². The number of carbonyl (C=O) groups excluding carboxylic acids is 1. The van der Waals surface area contributed by atoms with Crippen LogP contribution in [-0.2, 0) is 13.0 Å². The van der Waals surface area contributed by atoms with Gasteiger partial charge in [0.05, 0.1) is 13.7 Å². The molecule has 1 N–H and O–H groups in total. The number of aromatic nitrogens is 2. The van der Waals surface area contributed by atoms with Gasteiger partial charge in [-0.15, -0.1) is 0 Å². The van der Waals surface area contributed by atoms with Crippen LogP contribution < -0.4 is 15.6 Å². The molecule has 0 aliphatic carbocycles. The second-order valence-corrected chi connectivity index (χ2v) is 6.20. The third-order valence-electron chi connectivity index (χ3n) is 4.15. The third kappa shape index (κ3) is 5.03. The summed E-state index contributed by atoms with van der Waals surface area (Å²) in [6.45, 7) is 0.498. The molecule has 0 saturated carbocycles. The van der Waals surface area contributed by atoms with Crippen molar-refractivity contribution in [2.45, 2.75) is 13.0 Å². The van der Waals surface area contributed by atoms with Crippen LogP contribution in [0.4, 0.5) is 4.39 Å². The summed E-state index contributed by atoms with van der Waals surface area (Å²) in [5.41, 5.74) is 1.38. The van der Waals surface area contributed by atoms with Gasteiger partial charge in [-0.1, -0.05) is 24.3 Å². The van der Waals surface area contributed by atoms with Gasteiger partial charge < -0.3 is 10.1 Å². The number of rotatable bonds is 7. The van der Waals surface area contributed by atoms with Crippen LogP contribution in [-0.4, -0.2) is 29.3 Å². The van der Waals surface area contributed by atoms with E-state index in [9.17, 15) is 14.0 Å². The molecule has 0 aliphatic heterocycles. The Morgan fingerprint density at radius 1 is 1.11 bits per heavy atom. The van der Waals surface area contributed by atoms with Crippen molar-refractivity contribution in [2.75, 3.05) is 13.7 Å². The predicted molar refractivity (Wildman–Crippen MR) is 103 cm³/mol. The standard InChI is InChI=1S/C21H20FN3O3/c1-28-18-7-3-4-15(13-18)10-11-23-21(27)19-8-9-20(26)25(24-19)14-16-5-2-6-17(22)12-16/h2-9,12-13H,10-11,14H2,1H3,(H,23,27). The number of benzene rings is 2. The van der Waals surface area contributed by atoms with Crippen molar-refractivity contribution >= 4 is 5.91 Å². The molecule has 0 atom stereocenters. The molecule has 0 saturated heterocycles. The first-order valence-electron chi connectivity index (χ1n) is 8.79. The lowest BCUT2D eigenvalue weighted by atomic mass is 10.1. The van der Waals surface area contributed by atoms with E-state index in [2.05, 4.69) is 10.4 Å². The van der Waals surface area contributed by atoms with Gasteiger partial charge in [0.15, 0.2) is 0 Å². The maximum atomic E-state index is 13.3. The fourth-order valence-electron chi connectivity index (χ4n) is 2.73. The summed E-state index contributed by atoms with van der Waals surface area (Å²) in [7, 11) is 1.60. The summed E-state index contributed by atoms with van der Waals surface area (Å²) < 4.78 is 19.6. The molecule has 0 unspecified atom stereocenters. The van der Waals surface area contributed by atoms with E-state index in [-0.39, 0.29) is 23.7 Å². The van der Waals surface area contributed by atoms with Crippen molar-refractivity contribution in [2.24, 2.45) is 0 Å². The Morgan fingerprint density at radius 3 is 2.68 bits per heavy atom. The molecule has 1 aromatic heterocycles. The maximum absolute atomic E-state index is 13.3. The average molecular weight is 381 g/mol. The topological polar surface area (TPSA) is 73.2 Å². The number of methoxy groups -OCH3 is 1. The molecular formula is C21H20FN3O3. The van der Waals surface area contributed by atoms with Crippen LogP contribution in [0.1, 0.15) is 21.6 Å². The van der Waals surface area contributed by atoms with Crippen molar-refractivity contribution in [3.8, 4) is 5.75 Å². The number of nitrogens with one attached hydrogen (secondary N) is 1. The first kappa shape index (κ1) is 19.3. The molecule has 1 heterocycles. The largest absolute Gasteiger partial charge is 0.497 e. The zero-order valence-corrected chi connectivity index (χ0v) is 15.4. The minimum atomic E-state index is -0.392. The minimum absolute atomic E-state index is 0.0848. The number of hydrogen-bond donors (Lipinski definition) is 1. The van der Waals surface area contributed by atoms with Gasteiger partial charge in [-0.3, -0.25) is 9.59 Å². The van der Waals surface area contributed by atoms with E-state index in [0.717, 1.165) is 16.0 Å². The van der Waals surface area contributed by atoms with E-state index in [1.165, 1.54) is 24.3 Å². The molecule has 0 aliphatic rings. The van der Waals surface area contributed by atoms with E-state index in [4.69, 9.17) is 4.74 Å². The minimum Gasteiger partial charge on any atom is -0.497 e. The summed E-state index contributed by atoms with van der Waals surface area (Å²) in [4.78, 5) is 24.4. The predicted octanol–water partition coefficient (Wildman–Crippen LogP) is 2.41. The van der Waals surface area contributed by atoms with Gasteiger partial charge in [-0.25, -0.2) is 9.07 Å². The van der Waals surface area contributed by atoms with Gasteiger partial charge in [-0.05, 0) is 47.9 Å². The number of ether oxygens (including phenoxy) is 1. The van der Waals surface area contributed by atoms with Crippen LogP contribution >= 0.6 is 0 Å². The fraction of sp³-hybridized carbons (Fsp3) is 0.190. The molecule has 0 bridgehead atoms. The Bertz CT molecular complexity index is 1030. The number of carbonyl (C=O) groups is 1. The van der Waals surface area contributed by atoms with Gasteiger partial charge in [0.25, 0.3) is 11.5 Å². The Kier molecular flexibility index (Phi) is 6.16. The summed E-state index contributed by atoms with van der Waals surface area (Å²) in [5.74, 6) is -0.0113. The van der Waals surface area contributed by atoms with Crippen LogP contribution in [0.15, 0.2) is 65.5 Å². The zero-order valence-electron chi connectivity index (χ0n) is 15.4. The quantitative estimate of drug-likeness (QED) is 0.682. The molecule has 2 aromatic carbocycles. The summed E-state index contributed by atoms with van der Waals surface area (Å²) >= 11 is 0. The lowest BCUT2D eigenvalue weighted by Crippen LogP contribution is -2.31. The fourth-order valence-corrected chi connectivity index (χ4v) is 2.73. The molecule has 144 valence electrons. The van der Waals surface area contributed by atoms with Gasteiger partial charge >= 0.3 is 0 Å². The van der Waals surface area contributed by atoms with E-state index < -0.39 is 5.82 Å². The molecule has 0 spiro atoms. The van der Waals surface area contributed by atoms with Crippen LogP contribution in [0, 0.1) is 5.82 Å². The number of amides is 1. The van der Waals surface area contributed by atoms with E-state index in [0.29, 0.717) is 18.5 Å². The van der Waals surface area contributed by atoms with Crippen molar-refractivity contribution in [1.82, 2.24) is 15.1 Å². The molecule has 28 heavy (non-hydrogen) atoms. The van der Waals surface area contributed by atoms with Crippen LogP contribution in [0.5, 0.6) is 5.75 Å². The molecule has 0 fully saturated rings. The van der Waals surface area contributed by atoms with E-state index in [1.54, 1.807) is 19.2 Å². The van der Waals surface area contributed by atoms with Crippen LogP contribution in [0.2, 0.25) is 0 Å². The number of hydrogen-bond acceptors (Lipinski definition) is 4. The number of nitrogens with zero attached hydrogens (tertiary/aromatic N) is 2. The van der Waals surface area contributed by atoms with Gasteiger partial charge in [0.1, 0.15) is 17.3 Å². The summed E-state index contributed by atoms with van der Waals surface area (Å²) in [6, 6.07) is 16.2. The maximum Gasteiger partial charge on any atom is 0.271 e. The van der Waals surface area contributed by atoms with Crippen LogP contribution in [0.25, 0.3) is 0 Å². The highest BCUT2D eigenvalue weighted by Crippen LogP contribution is 2.12. The van der Waals surface area contributed by atoms with Crippen molar-refractivity contribution in [1.29, 1.82) is 0 Å². The Hall–Kier alpha value is -3.48. The molecular weight excluding hydrogens is 361 g/mol. The molecule has 3 aromatic rings. The average Bonchev–Trinajstić information content (AvgIpc) is 2.70. The van der Waals surface area contributed by atoms with E-state index in [1.807, 2.05) is 24.3 Å². The molecule has 1 amide bonds.